The Bertz CT molecular complexity index is 369. The predicted molar refractivity (Wildman–Crippen MR) is 44.4 cm³/mol. The number of pyridine rings is 1. The Morgan fingerprint density at radius 3 is 3.00 bits per heavy atom. The molecular weight excluding hydrogens is 174 g/mol. The average molecular weight is 183 g/mol. The molecule has 1 heterocycles. The Balaban J connectivity index is 2.96. The number of aromatic nitrogens is 1. The van der Waals surface area contributed by atoms with Gasteiger partial charge in [-0.1, -0.05) is 0 Å². The summed E-state index contributed by atoms with van der Waals surface area (Å²) in [6, 6.07) is 1.45. The molecule has 5 nitrogen and oxygen atoms in total. The van der Waals surface area contributed by atoms with Gasteiger partial charge in [0.2, 0.25) is 0 Å². The van der Waals surface area contributed by atoms with Crippen LogP contribution in [0.3, 0.4) is 0 Å². The number of hydrogen-bond donors (Lipinski definition) is 2. The van der Waals surface area contributed by atoms with Crippen molar-refractivity contribution in [2.45, 2.75) is 6.42 Å². The average Bonchev–Trinajstić information content (AvgIpc) is 2.13. The molecule has 0 bridgehead atoms. The molecule has 0 aromatic carbocycles. The van der Waals surface area contributed by atoms with Crippen molar-refractivity contribution in [2.75, 3.05) is 7.11 Å². The van der Waals surface area contributed by atoms with Crippen LogP contribution in [0.15, 0.2) is 17.1 Å². The number of aromatic amines is 1. The van der Waals surface area contributed by atoms with Crippen LogP contribution in [0.5, 0.6) is 5.75 Å². The minimum absolute atomic E-state index is 0.105. The fourth-order valence-corrected chi connectivity index (χ4v) is 0.881. The number of aromatic hydroxyl groups is 1. The van der Waals surface area contributed by atoms with E-state index in [2.05, 4.69) is 9.72 Å². The molecule has 0 radical (unpaired) electrons. The van der Waals surface area contributed by atoms with Crippen molar-refractivity contribution in [1.82, 2.24) is 4.98 Å². The largest absolute Gasteiger partial charge is 0.503 e. The van der Waals surface area contributed by atoms with Gasteiger partial charge in [0.1, 0.15) is 0 Å². The van der Waals surface area contributed by atoms with Crippen molar-refractivity contribution < 1.29 is 14.6 Å². The van der Waals surface area contributed by atoms with E-state index in [-0.39, 0.29) is 12.0 Å². The van der Waals surface area contributed by atoms with Gasteiger partial charge in [-0.2, -0.15) is 0 Å². The first-order chi connectivity index (χ1) is 6.15. The van der Waals surface area contributed by atoms with Crippen molar-refractivity contribution in [3.05, 3.63) is 28.2 Å². The molecule has 0 unspecified atom stereocenters. The zero-order valence-corrected chi connectivity index (χ0v) is 7.03. The number of H-pyrrole nitrogens is 1. The normalized spacial score (nSPS) is 9.62. The lowest BCUT2D eigenvalue weighted by molar-refractivity contribution is -0.139. The van der Waals surface area contributed by atoms with E-state index in [0.29, 0.717) is 0 Å². The van der Waals surface area contributed by atoms with Crippen LogP contribution in [-0.2, 0) is 16.0 Å². The molecule has 0 aliphatic carbocycles. The van der Waals surface area contributed by atoms with Crippen LogP contribution in [0.4, 0.5) is 0 Å². The molecule has 0 fully saturated rings. The molecule has 1 aromatic rings. The van der Waals surface area contributed by atoms with Crippen LogP contribution in [-0.4, -0.2) is 23.2 Å². The molecule has 2 N–H and O–H groups in total. The predicted octanol–water partition coefficient (Wildman–Crippen LogP) is -0.204. The van der Waals surface area contributed by atoms with E-state index >= 15 is 0 Å². The highest BCUT2D eigenvalue weighted by Gasteiger charge is 2.09. The molecule has 0 aliphatic rings. The summed E-state index contributed by atoms with van der Waals surface area (Å²) in [5, 5.41) is 9.19. The summed E-state index contributed by atoms with van der Waals surface area (Å²) in [6.45, 7) is 0. The molecule has 1 aromatic heterocycles. The molecule has 0 spiro atoms. The van der Waals surface area contributed by atoms with Gasteiger partial charge in [0.15, 0.2) is 5.75 Å². The van der Waals surface area contributed by atoms with Crippen molar-refractivity contribution >= 4 is 5.97 Å². The van der Waals surface area contributed by atoms with Crippen LogP contribution < -0.4 is 5.56 Å². The Hall–Kier alpha value is -1.78. The highest BCUT2D eigenvalue weighted by atomic mass is 16.5. The summed E-state index contributed by atoms with van der Waals surface area (Å²) in [7, 11) is 1.24. The lowest BCUT2D eigenvalue weighted by Crippen LogP contribution is -2.10. The van der Waals surface area contributed by atoms with Crippen molar-refractivity contribution in [1.29, 1.82) is 0 Å². The number of hydrogen-bond acceptors (Lipinski definition) is 4. The van der Waals surface area contributed by atoms with E-state index in [4.69, 9.17) is 0 Å². The molecule has 0 saturated heterocycles. The van der Waals surface area contributed by atoms with Gasteiger partial charge in [0, 0.05) is 11.8 Å². The van der Waals surface area contributed by atoms with Crippen LogP contribution in [0.2, 0.25) is 0 Å². The van der Waals surface area contributed by atoms with Crippen LogP contribution in [0, 0.1) is 0 Å². The van der Waals surface area contributed by atoms with Crippen LogP contribution in [0.1, 0.15) is 5.56 Å². The second-order valence-corrected chi connectivity index (χ2v) is 2.43. The van der Waals surface area contributed by atoms with Gasteiger partial charge in [0.05, 0.1) is 13.5 Å². The van der Waals surface area contributed by atoms with Gasteiger partial charge >= 0.3 is 5.97 Å². The van der Waals surface area contributed by atoms with Gasteiger partial charge < -0.3 is 14.8 Å². The zero-order chi connectivity index (χ0) is 9.84. The number of carbonyl (C=O) groups excluding carboxylic acids is 1. The number of methoxy groups -OCH3 is 1. The number of esters is 1. The van der Waals surface area contributed by atoms with Crippen LogP contribution in [0.25, 0.3) is 0 Å². The lowest BCUT2D eigenvalue weighted by atomic mass is 10.2. The van der Waals surface area contributed by atoms with E-state index in [1.165, 1.54) is 19.4 Å². The monoisotopic (exact) mass is 183 g/mol. The maximum Gasteiger partial charge on any atom is 0.310 e. The Labute approximate surface area is 74.0 Å². The Morgan fingerprint density at radius 1 is 1.69 bits per heavy atom. The highest BCUT2D eigenvalue weighted by Crippen LogP contribution is 2.09. The molecule has 1 rings (SSSR count). The molecule has 13 heavy (non-hydrogen) atoms. The second-order valence-electron chi connectivity index (χ2n) is 2.43. The number of carbonyl (C=O) groups is 1. The molecule has 0 aliphatic heterocycles. The third kappa shape index (κ3) is 2.08. The topological polar surface area (TPSA) is 79.4 Å². The first-order valence-electron chi connectivity index (χ1n) is 3.61. The fourth-order valence-electron chi connectivity index (χ4n) is 0.881. The van der Waals surface area contributed by atoms with E-state index < -0.39 is 17.3 Å². The van der Waals surface area contributed by atoms with Gasteiger partial charge in [-0.15, -0.1) is 0 Å². The number of nitrogens with one attached hydrogen (secondary N) is 1. The molecule has 0 amide bonds. The van der Waals surface area contributed by atoms with E-state index in [0.717, 1.165) is 0 Å². The molecule has 0 saturated carbocycles. The third-order valence-electron chi connectivity index (χ3n) is 1.58. The van der Waals surface area contributed by atoms with Gasteiger partial charge in [0.25, 0.3) is 5.56 Å². The minimum atomic E-state index is -0.610. The first kappa shape index (κ1) is 9.31. The van der Waals surface area contributed by atoms with Crippen molar-refractivity contribution in [3.8, 4) is 5.75 Å². The number of rotatable bonds is 2. The summed E-state index contributed by atoms with van der Waals surface area (Å²) < 4.78 is 4.39. The smallest absolute Gasteiger partial charge is 0.310 e. The van der Waals surface area contributed by atoms with Gasteiger partial charge in [-0.3, -0.25) is 9.59 Å². The van der Waals surface area contributed by atoms with Gasteiger partial charge in [-0.25, -0.2) is 0 Å². The Morgan fingerprint density at radius 2 is 2.38 bits per heavy atom. The zero-order valence-electron chi connectivity index (χ0n) is 7.03. The third-order valence-corrected chi connectivity index (χ3v) is 1.58. The molecule has 5 heteroatoms. The lowest BCUT2D eigenvalue weighted by Gasteiger charge is -2.00. The molecular formula is C8H9NO4. The number of ether oxygens (including phenoxy) is 1. The molecule has 70 valence electrons. The maximum absolute atomic E-state index is 10.9. The van der Waals surface area contributed by atoms with E-state index in [9.17, 15) is 14.7 Å². The summed E-state index contributed by atoms with van der Waals surface area (Å²) in [6.07, 6.45) is 1.26. The van der Waals surface area contributed by atoms with Crippen LogP contribution >= 0.6 is 0 Å². The second kappa shape index (κ2) is 3.75. The fraction of sp³-hybridized carbons (Fsp3) is 0.250. The van der Waals surface area contributed by atoms with Gasteiger partial charge in [-0.05, 0) is 6.07 Å². The standard InChI is InChI=1S/C8H9NO4/c1-13-6(10)4-5-2-3-9-8(12)7(5)11/h2-3,11H,4H2,1H3,(H,9,12). The SMILES string of the molecule is COC(=O)Cc1cc[nH]c(=O)c1O. The summed E-state index contributed by atoms with van der Waals surface area (Å²) >= 11 is 0. The quantitative estimate of drug-likeness (QED) is 0.622. The van der Waals surface area contributed by atoms with E-state index in [1.807, 2.05) is 0 Å². The van der Waals surface area contributed by atoms with Crippen molar-refractivity contribution in [3.63, 3.8) is 0 Å². The maximum atomic E-state index is 10.9. The minimum Gasteiger partial charge on any atom is -0.503 e. The highest BCUT2D eigenvalue weighted by molar-refractivity contribution is 5.73. The van der Waals surface area contributed by atoms with Crippen molar-refractivity contribution in [2.24, 2.45) is 0 Å². The first-order valence-corrected chi connectivity index (χ1v) is 3.61. The molecule has 0 atom stereocenters. The summed E-state index contributed by atoms with van der Waals surface area (Å²) in [4.78, 5) is 23.9. The van der Waals surface area contributed by atoms with E-state index in [1.54, 1.807) is 0 Å². The summed E-state index contributed by atoms with van der Waals surface area (Å²) in [5.41, 5.74) is -0.350. The Kier molecular flexibility index (Phi) is 2.69. The summed E-state index contributed by atoms with van der Waals surface area (Å²) in [5.74, 6) is -0.936.